The van der Waals surface area contributed by atoms with Crippen molar-refractivity contribution in [1.82, 2.24) is 15.7 Å². The molecular weight excluding hydrogens is 345 g/mol. The molecule has 7 heteroatoms. The predicted octanol–water partition coefficient (Wildman–Crippen LogP) is 2.99. The second-order valence-electron chi connectivity index (χ2n) is 7.57. The molecule has 0 bridgehead atoms. The first-order valence-electron chi connectivity index (χ1n) is 8.60. The summed E-state index contributed by atoms with van der Waals surface area (Å²) < 4.78 is 13.2. The first kappa shape index (κ1) is 19.9. The van der Waals surface area contributed by atoms with Gasteiger partial charge in [-0.05, 0) is 58.7 Å². The van der Waals surface area contributed by atoms with Gasteiger partial charge in [-0.2, -0.15) is 5.48 Å². The summed E-state index contributed by atoms with van der Waals surface area (Å²) in [5.41, 5.74) is 2.69. The van der Waals surface area contributed by atoms with E-state index in [9.17, 15) is 9.18 Å². The number of piperidine rings is 1. The molecule has 140 valence electrons. The highest BCUT2D eigenvalue weighted by Gasteiger charge is 2.22. The molecule has 0 saturated carbocycles. The van der Waals surface area contributed by atoms with E-state index in [2.05, 4.69) is 15.7 Å². The van der Waals surface area contributed by atoms with E-state index in [0.717, 1.165) is 25.9 Å². The lowest BCUT2D eigenvalue weighted by Gasteiger charge is -2.32. The summed E-state index contributed by atoms with van der Waals surface area (Å²) in [6.45, 7) is 8.83. The van der Waals surface area contributed by atoms with E-state index in [-0.39, 0.29) is 11.4 Å². The Morgan fingerprint density at radius 2 is 2.00 bits per heavy atom. The molecule has 0 atom stereocenters. The van der Waals surface area contributed by atoms with Gasteiger partial charge in [0.1, 0.15) is 5.82 Å². The number of hydrogen-bond donors (Lipinski definition) is 2. The molecular formula is C18H27ClFN3O2. The van der Waals surface area contributed by atoms with Crippen LogP contribution in [0, 0.1) is 11.7 Å². The molecule has 1 aromatic rings. The first-order valence-corrected chi connectivity index (χ1v) is 8.98. The molecule has 0 unspecified atom stereocenters. The number of hydrogen-bond acceptors (Lipinski definition) is 4. The summed E-state index contributed by atoms with van der Waals surface area (Å²) in [6.07, 6.45) is 1.98. The quantitative estimate of drug-likeness (QED) is 0.755. The molecule has 1 aliphatic heterocycles. The Labute approximate surface area is 153 Å². The molecule has 1 saturated heterocycles. The molecule has 1 aromatic carbocycles. The monoisotopic (exact) mass is 371 g/mol. The highest BCUT2D eigenvalue weighted by atomic mass is 35.5. The minimum absolute atomic E-state index is 0.0652. The normalized spacial score (nSPS) is 16.7. The van der Waals surface area contributed by atoms with Crippen LogP contribution in [0.4, 0.5) is 4.39 Å². The Morgan fingerprint density at radius 3 is 2.60 bits per heavy atom. The average Bonchev–Trinajstić information content (AvgIpc) is 2.46. The van der Waals surface area contributed by atoms with Crippen molar-refractivity contribution in [2.75, 3.05) is 26.2 Å². The Balaban J connectivity index is 1.66. The maximum Gasteiger partial charge on any atom is 0.234 e. The summed E-state index contributed by atoms with van der Waals surface area (Å²) in [6, 6.07) is 4.09. The minimum Gasteiger partial charge on any atom is -0.409 e. The molecule has 25 heavy (non-hydrogen) atoms. The second kappa shape index (κ2) is 8.83. The average molecular weight is 372 g/mol. The number of nitrogens with one attached hydrogen (secondary N) is 2. The van der Waals surface area contributed by atoms with Crippen LogP contribution in [-0.2, 0) is 4.79 Å². The summed E-state index contributed by atoms with van der Waals surface area (Å²) in [5, 5.41) is 3.29. The third-order valence-corrected chi connectivity index (χ3v) is 4.21. The molecule has 0 aromatic heterocycles. The maximum absolute atomic E-state index is 13.2. The maximum atomic E-state index is 13.2. The van der Waals surface area contributed by atoms with E-state index in [1.807, 2.05) is 20.8 Å². The van der Waals surface area contributed by atoms with Gasteiger partial charge in [0.2, 0.25) is 5.91 Å². The van der Waals surface area contributed by atoms with Gasteiger partial charge in [-0.15, -0.1) is 0 Å². The van der Waals surface area contributed by atoms with Gasteiger partial charge in [-0.3, -0.25) is 9.69 Å². The molecule has 1 aliphatic rings. The minimum atomic E-state index is -0.425. The van der Waals surface area contributed by atoms with E-state index in [0.29, 0.717) is 29.8 Å². The fraction of sp³-hybridized carbons (Fsp3) is 0.611. The zero-order chi connectivity index (χ0) is 18.4. The molecule has 0 spiro atoms. The smallest absolute Gasteiger partial charge is 0.234 e. The predicted molar refractivity (Wildman–Crippen MR) is 97.1 cm³/mol. The van der Waals surface area contributed by atoms with Crippen molar-refractivity contribution in [3.8, 4) is 5.75 Å². The number of nitrogens with zero attached hydrogens (tertiary/aromatic N) is 1. The third kappa shape index (κ3) is 7.59. The van der Waals surface area contributed by atoms with E-state index in [4.69, 9.17) is 16.4 Å². The van der Waals surface area contributed by atoms with Crippen LogP contribution in [0.25, 0.3) is 0 Å². The summed E-state index contributed by atoms with van der Waals surface area (Å²) in [7, 11) is 0. The molecule has 2 rings (SSSR count). The fourth-order valence-corrected chi connectivity index (χ4v) is 3.05. The number of carbonyl (C=O) groups excluding carboxylic acids is 1. The Bertz CT molecular complexity index is 564. The largest absolute Gasteiger partial charge is 0.409 e. The van der Waals surface area contributed by atoms with Crippen molar-refractivity contribution >= 4 is 17.5 Å². The van der Waals surface area contributed by atoms with Crippen molar-refractivity contribution in [2.45, 2.75) is 39.2 Å². The van der Waals surface area contributed by atoms with Gasteiger partial charge < -0.3 is 10.2 Å². The van der Waals surface area contributed by atoms with Gasteiger partial charge in [0.15, 0.2) is 5.75 Å². The number of rotatable bonds is 6. The zero-order valence-electron chi connectivity index (χ0n) is 15.1. The van der Waals surface area contributed by atoms with E-state index in [1.165, 1.54) is 12.1 Å². The number of benzene rings is 1. The zero-order valence-corrected chi connectivity index (χ0v) is 15.8. The SMILES string of the molecule is CC(C)(C)NC(=O)CN1CCC(CNOc2cc(F)cc(Cl)c2)CC1. The molecule has 1 fully saturated rings. The molecule has 1 amide bonds. The van der Waals surface area contributed by atoms with Gasteiger partial charge in [-0.1, -0.05) is 11.6 Å². The molecule has 1 heterocycles. The summed E-state index contributed by atoms with van der Waals surface area (Å²) in [4.78, 5) is 19.5. The van der Waals surface area contributed by atoms with Gasteiger partial charge >= 0.3 is 0 Å². The second-order valence-corrected chi connectivity index (χ2v) is 8.01. The number of carbonyl (C=O) groups is 1. The van der Waals surface area contributed by atoms with Gasteiger partial charge in [0.25, 0.3) is 0 Å². The van der Waals surface area contributed by atoms with Crippen LogP contribution in [0.5, 0.6) is 5.75 Å². The molecule has 0 radical (unpaired) electrons. The van der Waals surface area contributed by atoms with Gasteiger partial charge in [0, 0.05) is 29.2 Å². The lowest BCUT2D eigenvalue weighted by atomic mass is 9.97. The van der Waals surface area contributed by atoms with E-state index in [1.54, 1.807) is 6.07 Å². The van der Waals surface area contributed by atoms with Crippen molar-refractivity contribution in [2.24, 2.45) is 5.92 Å². The number of hydroxylamine groups is 1. The standard InChI is InChI=1S/C18H27ClFN3O2/c1-18(2,3)22-17(24)12-23-6-4-13(5-7-23)11-21-25-16-9-14(19)8-15(20)10-16/h8-10,13,21H,4-7,11-12H2,1-3H3,(H,22,24). The Kier molecular flexibility index (Phi) is 7.04. The van der Waals surface area contributed by atoms with Gasteiger partial charge in [0.05, 0.1) is 6.54 Å². The molecule has 0 aliphatic carbocycles. The van der Waals surface area contributed by atoms with Crippen molar-refractivity contribution < 1.29 is 14.0 Å². The number of amides is 1. The van der Waals surface area contributed by atoms with Crippen LogP contribution >= 0.6 is 11.6 Å². The van der Waals surface area contributed by atoms with Crippen molar-refractivity contribution in [3.63, 3.8) is 0 Å². The molecule has 2 N–H and O–H groups in total. The Hall–Kier alpha value is -1.37. The lowest BCUT2D eigenvalue weighted by molar-refractivity contribution is -0.124. The van der Waals surface area contributed by atoms with E-state index < -0.39 is 5.82 Å². The van der Waals surface area contributed by atoms with Crippen LogP contribution in [0.2, 0.25) is 5.02 Å². The third-order valence-electron chi connectivity index (χ3n) is 3.99. The molecule has 5 nitrogen and oxygen atoms in total. The van der Waals surface area contributed by atoms with Crippen LogP contribution in [0.1, 0.15) is 33.6 Å². The summed E-state index contributed by atoms with van der Waals surface area (Å²) in [5.74, 6) is 0.466. The van der Waals surface area contributed by atoms with Crippen LogP contribution in [0.15, 0.2) is 18.2 Å². The van der Waals surface area contributed by atoms with Crippen molar-refractivity contribution in [1.29, 1.82) is 0 Å². The number of halogens is 2. The summed E-state index contributed by atoms with van der Waals surface area (Å²) >= 11 is 5.79. The fourth-order valence-electron chi connectivity index (χ4n) is 2.84. The highest BCUT2D eigenvalue weighted by Crippen LogP contribution is 2.20. The topological polar surface area (TPSA) is 53.6 Å². The number of likely N-dealkylation sites (tertiary alicyclic amines) is 1. The lowest BCUT2D eigenvalue weighted by Crippen LogP contribution is -2.48. The van der Waals surface area contributed by atoms with Crippen LogP contribution < -0.4 is 15.6 Å². The van der Waals surface area contributed by atoms with Gasteiger partial charge in [-0.25, -0.2) is 4.39 Å². The van der Waals surface area contributed by atoms with Crippen molar-refractivity contribution in [3.05, 3.63) is 29.0 Å². The highest BCUT2D eigenvalue weighted by molar-refractivity contribution is 6.30. The van der Waals surface area contributed by atoms with E-state index >= 15 is 0 Å². The first-order chi connectivity index (χ1) is 11.7. The van der Waals surface area contributed by atoms with Crippen LogP contribution in [-0.4, -0.2) is 42.5 Å². The van der Waals surface area contributed by atoms with Crippen LogP contribution in [0.3, 0.4) is 0 Å². The Morgan fingerprint density at radius 1 is 1.32 bits per heavy atom.